The molecule has 2 aromatic heterocycles. The molecule has 5 aliphatic rings. The summed E-state index contributed by atoms with van der Waals surface area (Å²) in [7, 11) is 0. The molecule has 2 atom stereocenters. The molecule has 1 aliphatic carbocycles. The Labute approximate surface area is 229 Å². The molecule has 5 fully saturated rings. The lowest BCUT2D eigenvalue weighted by molar-refractivity contribution is 0.108. The Morgan fingerprint density at radius 1 is 1.03 bits per heavy atom. The number of halogens is 1. The zero-order chi connectivity index (χ0) is 26.2. The van der Waals surface area contributed by atoms with E-state index in [0.29, 0.717) is 35.3 Å². The van der Waals surface area contributed by atoms with Crippen LogP contribution in [0.1, 0.15) is 63.9 Å². The van der Waals surface area contributed by atoms with Gasteiger partial charge in [0.2, 0.25) is 0 Å². The van der Waals surface area contributed by atoms with Gasteiger partial charge in [0.15, 0.2) is 5.82 Å². The second kappa shape index (κ2) is 8.83. The molecule has 6 heterocycles. The van der Waals surface area contributed by atoms with Gasteiger partial charge in [0.1, 0.15) is 23.6 Å². The average molecular weight is 529 g/mol. The Bertz CT molecular complexity index is 1420. The van der Waals surface area contributed by atoms with Gasteiger partial charge in [0, 0.05) is 36.9 Å². The molecule has 0 spiro atoms. The highest BCUT2D eigenvalue weighted by Crippen LogP contribution is 2.51. The molecule has 8 rings (SSSR count). The van der Waals surface area contributed by atoms with Gasteiger partial charge in [-0.15, -0.1) is 0 Å². The molecule has 0 amide bonds. The molecule has 4 saturated heterocycles. The highest BCUT2D eigenvalue weighted by molar-refractivity contribution is 5.92. The Hall–Kier alpha value is -2.84. The number of nitrogens with one attached hydrogen (secondary N) is 1. The number of hydrogen-bond donors (Lipinski definition) is 1. The molecule has 3 aromatic rings. The van der Waals surface area contributed by atoms with Gasteiger partial charge < -0.3 is 15.0 Å². The zero-order valence-electron chi connectivity index (χ0n) is 22.8. The van der Waals surface area contributed by atoms with Gasteiger partial charge in [-0.3, -0.25) is 9.88 Å². The second-order valence-corrected chi connectivity index (χ2v) is 12.9. The Kier molecular flexibility index (Phi) is 5.43. The van der Waals surface area contributed by atoms with E-state index in [1.807, 2.05) is 18.2 Å². The lowest BCUT2D eigenvalue weighted by atomic mass is 9.91. The molecule has 1 aromatic carbocycles. The molecular weight excluding hydrogens is 491 g/mol. The summed E-state index contributed by atoms with van der Waals surface area (Å²) < 4.78 is 22.9. The smallest absolute Gasteiger partial charge is 0.319 e. The van der Waals surface area contributed by atoms with E-state index in [2.05, 4.69) is 28.1 Å². The van der Waals surface area contributed by atoms with Crippen LogP contribution >= 0.6 is 0 Å². The number of hydrogen-bond acceptors (Lipinski definition) is 7. The van der Waals surface area contributed by atoms with Crippen LogP contribution in [0.25, 0.3) is 22.2 Å². The highest BCUT2D eigenvalue weighted by Gasteiger charge is 2.45. The van der Waals surface area contributed by atoms with Crippen molar-refractivity contribution in [1.82, 2.24) is 25.2 Å². The van der Waals surface area contributed by atoms with Gasteiger partial charge in [-0.2, -0.15) is 9.97 Å². The number of fused-ring (bicyclic) bond motifs is 4. The maximum Gasteiger partial charge on any atom is 0.319 e. The van der Waals surface area contributed by atoms with E-state index >= 15 is 4.39 Å². The number of benzene rings is 1. The van der Waals surface area contributed by atoms with Crippen LogP contribution in [0.15, 0.2) is 30.5 Å². The lowest BCUT2D eigenvalue weighted by Gasteiger charge is -2.34. The summed E-state index contributed by atoms with van der Waals surface area (Å²) in [6.45, 7) is 6.79. The van der Waals surface area contributed by atoms with E-state index in [4.69, 9.17) is 19.7 Å². The first-order valence-electron chi connectivity index (χ1n) is 14.9. The summed E-state index contributed by atoms with van der Waals surface area (Å²) >= 11 is 0. The van der Waals surface area contributed by atoms with Crippen LogP contribution in [0.3, 0.4) is 0 Å². The zero-order valence-corrected chi connectivity index (χ0v) is 22.8. The summed E-state index contributed by atoms with van der Waals surface area (Å²) in [5.41, 5.74) is 2.90. The molecule has 1 saturated carbocycles. The second-order valence-electron chi connectivity index (χ2n) is 12.9. The van der Waals surface area contributed by atoms with Crippen molar-refractivity contribution in [3.05, 3.63) is 41.8 Å². The first kappa shape index (κ1) is 24.0. The van der Waals surface area contributed by atoms with E-state index in [0.717, 1.165) is 76.1 Å². The van der Waals surface area contributed by atoms with E-state index in [1.54, 1.807) is 6.20 Å². The number of piperazine rings is 1. The van der Waals surface area contributed by atoms with E-state index in [1.165, 1.54) is 18.4 Å². The minimum atomic E-state index is -0.377. The van der Waals surface area contributed by atoms with E-state index in [-0.39, 0.29) is 22.8 Å². The maximum atomic E-state index is 16.5. The monoisotopic (exact) mass is 528 g/mol. The normalized spacial score (nSPS) is 26.8. The topological polar surface area (TPSA) is 66.4 Å². The quantitative estimate of drug-likeness (QED) is 0.492. The van der Waals surface area contributed by atoms with Gasteiger partial charge in [0.25, 0.3) is 0 Å². The summed E-state index contributed by atoms with van der Waals surface area (Å²) in [6.07, 6.45) is 11.1. The van der Waals surface area contributed by atoms with Crippen LogP contribution in [0, 0.1) is 5.82 Å². The molecule has 2 bridgehead atoms. The number of rotatable bonds is 6. The standard InChI is InChI=1S/C31H37FN6O/c1-30(12-13-30)24-7-3-2-6-22(24)26-25(32)27-23(16-33-26)28(37-17-20-8-9-21(18-37)34-20)36-29(35-27)39-19-31-10-4-14-38(31)15-5-11-31/h2-3,6-7,16,20-21,34H,4-5,8-15,17-19H2,1H3. The van der Waals surface area contributed by atoms with Gasteiger partial charge in [-0.25, -0.2) is 4.39 Å². The molecule has 1 N–H and O–H groups in total. The molecule has 0 radical (unpaired) electrons. The molecule has 39 heavy (non-hydrogen) atoms. The fourth-order valence-electron chi connectivity index (χ4n) is 7.82. The summed E-state index contributed by atoms with van der Waals surface area (Å²) in [6, 6.07) is 9.30. The van der Waals surface area contributed by atoms with Crippen LogP contribution in [0.5, 0.6) is 6.01 Å². The van der Waals surface area contributed by atoms with Crippen LogP contribution in [-0.4, -0.2) is 70.3 Å². The van der Waals surface area contributed by atoms with Crippen molar-refractivity contribution >= 4 is 16.7 Å². The lowest BCUT2D eigenvalue weighted by Crippen LogP contribution is -2.51. The van der Waals surface area contributed by atoms with Gasteiger partial charge >= 0.3 is 6.01 Å². The minimum absolute atomic E-state index is 0.0766. The fraction of sp³-hybridized carbons (Fsp3) is 0.581. The molecule has 4 aliphatic heterocycles. The van der Waals surface area contributed by atoms with Crippen molar-refractivity contribution in [1.29, 1.82) is 0 Å². The Morgan fingerprint density at radius 3 is 2.51 bits per heavy atom. The fourth-order valence-corrected chi connectivity index (χ4v) is 7.82. The SMILES string of the molecule is CC1(c2ccccc2-c2ncc3c(N4CC5CCC(C4)N5)nc(OCC45CCCN4CCC5)nc3c2F)CC1. The van der Waals surface area contributed by atoms with Gasteiger partial charge in [-0.05, 0) is 75.4 Å². The molecule has 204 valence electrons. The Morgan fingerprint density at radius 2 is 1.77 bits per heavy atom. The van der Waals surface area contributed by atoms with Gasteiger partial charge in [0.05, 0.1) is 10.9 Å². The summed E-state index contributed by atoms with van der Waals surface area (Å²) in [5.74, 6) is 0.373. The molecule has 7 nitrogen and oxygen atoms in total. The Balaban J connectivity index is 1.23. The average Bonchev–Trinajstić information content (AvgIpc) is 3.24. The van der Waals surface area contributed by atoms with Crippen molar-refractivity contribution in [2.75, 3.05) is 37.7 Å². The number of nitrogens with zero attached hydrogens (tertiary/aromatic N) is 5. The first-order valence-corrected chi connectivity index (χ1v) is 14.9. The van der Waals surface area contributed by atoms with Crippen molar-refractivity contribution in [3.8, 4) is 17.3 Å². The van der Waals surface area contributed by atoms with Crippen molar-refractivity contribution in [2.45, 2.75) is 81.3 Å². The highest BCUT2D eigenvalue weighted by atomic mass is 19.1. The third-order valence-corrected chi connectivity index (χ3v) is 10.3. The molecule has 8 heteroatoms. The van der Waals surface area contributed by atoms with Crippen molar-refractivity contribution < 1.29 is 9.13 Å². The molecule has 2 unspecified atom stereocenters. The summed E-state index contributed by atoms with van der Waals surface area (Å²) in [4.78, 5) is 19.3. The summed E-state index contributed by atoms with van der Waals surface area (Å²) in [5, 5.41) is 4.36. The van der Waals surface area contributed by atoms with Gasteiger partial charge in [-0.1, -0.05) is 31.2 Å². The number of ether oxygens (including phenoxy) is 1. The number of pyridine rings is 1. The minimum Gasteiger partial charge on any atom is -0.461 e. The largest absolute Gasteiger partial charge is 0.461 e. The van der Waals surface area contributed by atoms with Crippen LogP contribution < -0.4 is 15.0 Å². The third kappa shape index (κ3) is 3.93. The number of anilines is 1. The van der Waals surface area contributed by atoms with Crippen molar-refractivity contribution in [2.24, 2.45) is 0 Å². The maximum absolute atomic E-state index is 16.5. The van der Waals surface area contributed by atoms with E-state index in [9.17, 15) is 0 Å². The van der Waals surface area contributed by atoms with E-state index < -0.39 is 0 Å². The molecular formula is C31H37FN6O. The van der Waals surface area contributed by atoms with Crippen LogP contribution in [-0.2, 0) is 5.41 Å². The van der Waals surface area contributed by atoms with Crippen LogP contribution in [0.2, 0.25) is 0 Å². The third-order valence-electron chi connectivity index (χ3n) is 10.3. The predicted octanol–water partition coefficient (Wildman–Crippen LogP) is 4.83. The first-order chi connectivity index (χ1) is 19.0. The number of aromatic nitrogens is 3. The predicted molar refractivity (Wildman–Crippen MR) is 150 cm³/mol. The van der Waals surface area contributed by atoms with Crippen molar-refractivity contribution in [3.63, 3.8) is 0 Å². The van der Waals surface area contributed by atoms with Crippen LogP contribution in [0.4, 0.5) is 10.2 Å².